The molecule has 1 aromatic rings. The van der Waals surface area contributed by atoms with Crippen molar-refractivity contribution in [3.8, 4) is 0 Å². The fourth-order valence-corrected chi connectivity index (χ4v) is 1.54. The highest BCUT2D eigenvalue weighted by molar-refractivity contribution is 6.36. The molecule has 0 N–H and O–H groups in total. The zero-order valence-electron chi connectivity index (χ0n) is 8.50. The number of rotatable bonds is 4. The minimum atomic E-state index is -0.446. The number of carbonyl (C=O) groups excluding carboxylic acids is 2. The van der Waals surface area contributed by atoms with Gasteiger partial charge in [0.1, 0.15) is 5.69 Å². The molecule has 0 unspecified atom stereocenters. The quantitative estimate of drug-likeness (QED) is 0.618. The molecule has 0 amide bonds. The van der Waals surface area contributed by atoms with E-state index in [0.29, 0.717) is 5.02 Å². The molecular weight excluding hydrogens is 253 g/mol. The smallest absolute Gasteiger partial charge is 0.305 e. The SMILES string of the molecule is COC(=O)CCC(=O)c1ncc(Cl)cc1Cl. The van der Waals surface area contributed by atoms with E-state index in [1.807, 2.05) is 0 Å². The molecule has 86 valence electrons. The van der Waals surface area contributed by atoms with E-state index < -0.39 is 5.97 Å². The van der Waals surface area contributed by atoms with Crippen molar-refractivity contribution in [2.45, 2.75) is 12.8 Å². The molecule has 0 aliphatic rings. The Hall–Kier alpha value is -1.13. The van der Waals surface area contributed by atoms with Crippen molar-refractivity contribution in [1.82, 2.24) is 4.98 Å². The summed E-state index contributed by atoms with van der Waals surface area (Å²) in [5.74, 6) is -0.759. The Kier molecular flexibility index (Phi) is 4.71. The molecule has 0 aromatic carbocycles. The Morgan fingerprint density at radius 1 is 1.38 bits per heavy atom. The van der Waals surface area contributed by atoms with E-state index >= 15 is 0 Å². The molecule has 0 aliphatic carbocycles. The minimum absolute atomic E-state index is 0.00989. The molecule has 16 heavy (non-hydrogen) atoms. The molecule has 0 radical (unpaired) electrons. The number of aromatic nitrogens is 1. The first-order chi connectivity index (χ1) is 7.54. The number of esters is 1. The maximum Gasteiger partial charge on any atom is 0.305 e. The number of ether oxygens (including phenoxy) is 1. The molecule has 0 aliphatic heterocycles. The summed E-state index contributed by atoms with van der Waals surface area (Å²) in [6.07, 6.45) is 1.36. The van der Waals surface area contributed by atoms with Gasteiger partial charge in [-0.15, -0.1) is 0 Å². The topological polar surface area (TPSA) is 56.3 Å². The van der Waals surface area contributed by atoms with Crippen LogP contribution in [0.1, 0.15) is 23.3 Å². The van der Waals surface area contributed by atoms with E-state index in [9.17, 15) is 9.59 Å². The molecule has 0 atom stereocenters. The average Bonchev–Trinajstić information content (AvgIpc) is 2.25. The lowest BCUT2D eigenvalue weighted by Crippen LogP contribution is -2.08. The number of ketones is 1. The second-order valence-electron chi connectivity index (χ2n) is 2.98. The second kappa shape index (κ2) is 5.82. The van der Waals surface area contributed by atoms with Gasteiger partial charge in [0.05, 0.1) is 23.6 Å². The predicted molar refractivity (Wildman–Crippen MR) is 59.8 cm³/mol. The minimum Gasteiger partial charge on any atom is -0.469 e. The van der Waals surface area contributed by atoms with Crippen LogP contribution in [0.5, 0.6) is 0 Å². The summed E-state index contributed by atoms with van der Waals surface area (Å²) >= 11 is 11.4. The van der Waals surface area contributed by atoms with Gasteiger partial charge in [0, 0.05) is 12.6 Å². The first kappa shape index (κ1) is 12.9. The molecule has 4 nitrogen and oxygen atoms in total. The van der Waals surface area contributed by atoms with E-state index in [-0.39, 0.29) is 29.3 Å². The van der Waals surface area contributed by atoms with Gasteiger partial charge in [0.15, 0.2) is 5.78 Å². The van der Waals surface area contributed by atoms with Crippen molar-refractivity contribution in [1.29, 1.82) is 0 Å². The van der Waals surface area contributed by atoms with Gasteiger partial charge in [-0.25, -0.2) is 0 Å². The van der Waals surface area contributed by atoms with Gasteiger partial charge in [-0.05, 0) is 6.07 Å². The lowest BCUT2D eigenvalue weighted by atomic mass is 10.1. The number of carbonyl (C=O) groups is 2. The van der Waals surface area contributed by atoms with E-state index in [4.69, 9.17) is 23.2 Å². The van der Waals surface area contributed by atoms with E-state index in [2.05, 4.69) is 9.72 Å². The highest BCUT2D eigenvalue weighted by atomic mass is 35.5. The number of halogens is 2. The lowest BCUT2D eigenvalue weighted by Gasteiger charge is -2.02. The standard InChI is InChI=1S/C10H9Cl2NO3/c1-16-9(15)3-2-8(14)10-7(12)4-6(11)5-13-10/h4-5H,2-3H2,1H3. The van der Waals surface area contributed by atoms with Gasteiger partial charge < -0.3 is 4.74 Å². The van der Waals surface area contributed by atoms with Gasteiger partial charge in [-0.3, -0.25) is 14.6 Å². The van der Waals surface area contributed by atoms with Crippen LogP contribution in [0.15, 0.2) is 12.3 Å². The maximum absolute atomic E-state index is 11.6. The molecule has 1 rings (SSSR count). The first-order valence-electron chi connectivity index (χ1n) is 4.45. The monoisotopic (exact) mass is 261 g/mol. The fraction of sp³-hybridized carbons (Fsp3) is 0.300. The van der Waals surface area contributed by atoms with E-state index in [1.165, 1.54) is 19.4 Å². The highest BCUT2D eigenvalue weighted by Crippen LogP contribution is 2.19. The second-order valence-corrected chi connectivity index (χ2v) is 3.83. The molecule has 0 spiro atoms. The van der Waals surface area contributed by atoms with Crippen molar-refractivity contribution in [3.05, 3.63) is 28.0 Å². The number of Topliss-reactive ketones (excluding diaryl/α,β-unsaturated/α-hetero) is 1. The number of nitrogens with zero attached hydrogens (tertiary/aromatic N) is 1. The van der Waals surface area contributed by atoms with Crippen molar-refractivity contribution in [2.24, 2.45) is 0 Å². The van der Waals surface area contributed by atoms with Crippen molar-refractivity contribution in [2.75, 3.05) is 7.11 Å². The van der Waals surface area contributed by atoms with Crippen molar-refractivity contribution < 1.29 is 14.3 Å². The van der Waals surface area contributed by atoms with Gasteiger partial charge in [-0.1, -0.05) is 23.2 Å². The molecule has 6 heteroatoms. The van der Waals surface area contributed by atoms with Crippen LogP contribution in [0.25, 0.3) is 0 Å². The summed E-state index contributed by atoms with van der Waals surface area (Å²) in [4.78, 5) is 26.3. The molecule has 0 bridgehead atoms. The number of hydrogen-bond donors (Lipinski definition) is 0. The zero-order chi connectivity index (χ0) is 12.1. The Labute approximate surface area is 103 Å². The molecule has 0 saturated carbocycles. The third-order valence-electron chi connectivity index (χ3n) is 1.86. The largest absolute Gasteiger partial charge is 0.469 e. The Morgan fingerprint density at radius 3 is 2.62 bits per heavy atom. The zero-order valence-corrected chi connectivity index (χ0v) is 10.0. The van der Waals surface area contributed by atoms with Gasteiger partial charge in [0.2, 0.25) is 0 Å². The fourth-order valence-electron chi connectivity index (χ4n) is 1.06. The van der Waals surface area contributed by atoms with Crippen LogP contribution >= 0.6 is 23.2 Å². The summed E-state index contributed by atoms with van der Waals surface area (Å²) in [6, 6.07) is 1.43. The molecular formula is C10H9Cl2NO3. The average molecular weight is 262 g/mol. The summed E-state index contributed by atoms with van der Waals surface area (Å²) in [5, 5.41) is 0.539. The number of hydrogen-bond acceptors (Lipinski definition) is 4. The van der Waals surface area contributed by atoms with Crippen molar-refractivity contribution in [3.63, 3.8) is 0 Å². The molecule has 0 saturated heterocycles. The highest BCUT2D eigenvalue weighted by Gasteiger charge is 2.14. The summed E-state index contributed by atoms with van der Waals surface area (Å²) in [6.45, 7) is 0. The van der Waals surface area contributed by atoms with Crippen LogP contribution in [0.3, 0.4) is 0 Å². The van der Waals surface area contributed by atoms with Gasteiger partial charge in [0.25, 0.3) is 0 Å². The van der Waals surface area contributed by atoms with Crippen LogP contribution < -0.4 is 0 Å². The molecule has 1 heterocycles. The number of methoxy groups -OCH3 is 1. The van der Waals surface area contributed by atoms with Gasteiger partial charge >= 0.3 is 5.97 Å². The maximum atomic E-state index is 11.6. The third kappa shape index (κ3) is 3.47. The van der Waals surface area contributed by atoms with Crippen LogP contribution in [-0.2, 0) is 9.53 Å². The van der Waals surface area contributed by atoms with Crippen LogP contribution in [0.2, 0.25) is 10.0 Å². The van der Waals surface area contributed by atoms with Crippen LogP contribution in [0.4, 0.5) is 0 Å². The summed E-state index contributed by atoms with van der Waals surface area (Å²) in [7, 11) is 1.26. The van der Waals surface area contributed by atoms with E-state index in [1.54, 1.807) is 0 Å². The van der Waals surface area contributed by atoms with E-state index in [0.717, 1.165) is 0 Å². The Morgan fingerprint density at radius 2 is 2.06 bits per heavy atom. The van der Waals surface area contributed by atoms with Crippen LogP contribution in [-0.4, -0.2) is 23.8 Å². The normalized spacial score (nSPS) is 9.94. The van der Waals surface area contributed by atoms with Crippen LogP contribution in [0, 0.1) is 0 Å². The lowest BCUT2D eigenvalue weighted by molar-refractivity contribution is -0.140. The summed E-state index contributed by atoms with van der Waals surface area (Å²) < 4.78 is 4.42. The Balaban J connectivity index is 2.70. The Bertz CT molecular complexity index is 421. The molecule has 0 fully saturated rings. The predicted octanol–water partition coefficient (Wildman–Crippen LogP) is 2.52. The summed E-state index contributed by atoms with van der Waals surface area (Å²) in [5.41, 5.74) is 0.120. The molecule has 1 aromatic heterocycles. The van der Waals surface area contributed by atoms with Crippen molar-refractivity contribution >= 4 is 35.0 Å². The van der Waals surface area contributed by atoms with Gasteiger partial charge in [-0.2, -0.15) is 0 Å². The first-order valence-corrected chi connectivity index (χ1v) is 5.21. The number of pyridine rings is 1. The third-order valence-corrected chi connectivity index (χ3v) is 2.35.